The first kappa shape index (κ1) is 14.9. The minimum atomic E-state index is 0.164. The second-order valence-corrected chi connectivity index (χ2v) is 6.85. The van der Waals surface area contributed by atoms with Gasteiger partial charge in [-0.05, 0) is 17.7 Å². The molecule has 5 heteroatoms. The van der Waals surface area contributed by atoms with Crippen LogP contribution in [0.4, 0.5) is 0 Å². The lowest BCUT2D eigenvalue weighted by Crippen LogP contribution is -2.46. The van der Waals surface area contributed by atoms with Crippen molar-refractivity contribution in [2.75, 3.05) is 50.8 Å². The van der Waals surface area contributed by atoms with Gasteiger partial charge in [-0.1, -0.05) is 12.1 Å². The Morgan fingerprint density at radius 2 is 1.71 bits per heavy atom. The normalized spacial score (nSPS) is 20.5. The number of carbonyl (C=O) groups excluding carboxylic acids is 1. The number of amides is 1. The predicted octanol–water partition coefficient (Wildman–Crippen LogP) is 1.28. The predicted molar refractivity (Wildman–Crippen MR) is 87.8 cm³/mol. The largest absolute Gasteiger partial charge is 0.336 e. The van der Waals surface area contributed by atoms with Crippen LogP contribution >= 0.6 is 11.8 Å². The van der Waals surface area contributed by atoms with Gasteiger partial charge in [0.2, 0.25) is 0 Å². The van der Waals surface area contributed by atoms with E-state index < -0.39 is 0 Å². The average Bonchev–Trinajstić information content (AvgIpc) is 2.57. The van der Waals surface area contributed by atoms with E-state index in [1.165, 1.54) is 30.2 Å². The zero-order valence-corrected chi connectivity index (χ0v) is 13.2. The zero-order valence-electron chi connectivity index (χ0n) is 12.4. The van der Waals surface area contributed by atoms with Crippen molar-refractivity contribution >= 4 is 17.7 Å². The van der Waals surface area contributed by atoms with Crippen molar-refractivity contribution in [1.29, 1.82) is 0 Å². The maximum absolute atomic E-state index is 12.4. The second-order valence-electron chi connectivity index (χ2n) is 5.63. The lowest BCUT2D eigenvalue weighted by Gasteiger charge is -2.28. The zero-order chi connectivity index (χ0) is 14.5. The van der Waals surface area contributed by atoms with Gasteiger partial charge >= 0.3 is 0 Å². The summed E-state index contributed by atoms with van der Waals surface area (Å²) < 4.78 is 0. The van der Waals surface area contributed by atoms with Crippen molar-refractivity contribution in [1.82, 2.24) is 15.1 Å². The maximum atomic E-state index is 12.4. The molecule has 0 aliphatic carbocycles. The topological polar surface area (TPSA) is 35.6 Å². The van der Waals surface area contributed by atoms with Gasteiger partial charge in [0.25, 0.3) is 5.91 Å². The third-order valence-corrected chi connectivity index (χ3v) is 5.06. The molecular weight excluding hydrogens is 282 g/mol. The highest BCUT2D eigenvalue weighted by atomic mass is 32.2. The highest BCUT2D eigenvalue weighted by molar-refractivity contribution is 7.99. The summed E-state index contributed by atoms with van der Waals surface area (Å²) in [4.78, 5) is 16.8. The molecule has 4 nitrogen and oxygen atoms in total. The van der Waals surface area contributed by atoms with Crippen molar-refractivity contribution in [3.05, 3.63) is 35.4 Å². The molecule has 0 atom stereocenters. The molecule has 1 aromatic rings. The number of benzene rings is 1. The second kappa shape index (κ2) is 7.29. The Kier molecular flexibility index (Phi) is 5.17. The van der Waals surface area contributed by atoms with Gasteiger partial charge in [0.05, 0.1) is 0 Å². The number of thioether (sulfide) groups is 1. The fourth-order valence-corrected chi connectivity index (χ4v) is 3.80. The van der Waals surface area contributed by atoms with E-state index in [1.54, 1.807) is 0 Å². The van der Waals surface area contributed by atoms with Gasteiger partial charge in [-0.15, -0.1) is 0 Å². The standard InChI is InChI=1S/C16H23N3OS/c20-16(19-7-5-17-6-8-19)15-3-1-14(2-4-15)13-18-9-11-21-12-10-18/h1-4,17H,5-13H2. The average molecular weight is 305 g/mol. The minimum absolute atomic E-state index is 0.164. The monoisotopic (exact) mass is 305 g/mol. The molecule has 21 heavy (non-hydrogen) atoms. The SMILES string of the molecule is O=C(c1ccc(CN2CCSCC2)cc1)N1CCNCC1. The van der Waals surface area contributed by atoms with E-state index in [2.05, 4.69) is 22.3 Å². The molecule has 2 heterocycles. The summed E-state index contributed by atoms with van der Waals surface area (Å²) >= 11 is 2.03. The first-order chi connectivity index (χ1) is 10.3. The molecule has 3 rings (SSSR count). The molecule has 0 radical (unpaired) electrons. The fraction of sp³-hybridized carbons (Fsp3) is 0.562. The summed E-state index contributed by atoms with van der Waals surface area (Å²) in [5.74, 6) is 2.64. The van der Waals surface area contributed by atoms with E-state index in [9.17, 15) is 4.79 Å². The molecule has 1 amide bonds. The third kappa shape index (κ3) is 3.99. The Labute approximate surface area is 130 Å². The van der Waals surface area contributed by atoms with Crippen molar-refractivity contribution < 1.29 is 4.79 Å². The molecule has 0 saturated carbocycles. The molecule has 1 N–H and O–H groups in total. The molecule has 2 fully saturated rings. The van der Waals surface area contributed by atoms with E-state index in [-0.39, 0.29) is 5.91 Å². The van der Waals surface area contributed by atoms with Crippen molar-refractivity contribution in [2.45, 2.75) is 6.54 Å². The molecule has 1 aromatic carbocycles. The lowest BCUT2D eigenvalue weighted by molar-refractivity contribution is 0.0736. The molecule has 2 saturated heterocycles. The number of hydrogen-bond donors (Lipinski definition) is 1. The van der Waals surface area contributed by atoms with Crippen molar-refractivity contribution in [3.63, 3.8) is 0 Å². The van der Waals surface area contributed by atoms with E-state index in [1.807, 2.05) is 28.8 Å². The van der Waals surface area contributed by atoms with Crippen LogP contribution in [-0.2, 0) is 6.54 Å². The van der Waals surface area contributed by atoms with E-state index in [4.69, 9.17) is 0 Å². The molecule has 0 bridgehead atoms. The van der Waals surface area contributed by atoms with Gasteiger partial charge in [0.1, 0.15) is 0 Å². The Hall–Kier alpha value is -1.04. The molecule has 114 valence electrons. The van der Waals surface area contributed by atoms with Gasteiger partial charge in [-0.2, -0.15) is 11.8 Å². The molecule has 0 spiro atoms. The lowest BCUT2D eigenvalue weighted by atomic mass is 10.1. The molecule has 2 aliphatic rings. The van der Waals surface area contributed by atoms with E-state index >= 15 is 0 Å². The summed E-state index contributed by atoms with van der Waals surface area (Å²) in [6.07, 6.45) is 0. The van der Waals surface area contributed by atoms with Crippen LogP contribution in [0.3, 0.4) is 0 Å². The number of rotatable bonds is 3. The molecule has 0 aromatic heterocycles. The van der Waals surface area contributed by atoms with Gasteiger partial charge in [-0.3, -0.25) is 9.69 Å². The number of piperazine rings is 1. The van der Waals surface area contributed by atoms with Crippen LogP contribution in [0.25, 0.3) is 0 Å². The minimum Gasteiger partial charge on any atom is -0.336 e. The van der Waals surface area contributed by atoms with Gasteiger partial charge in [0, 0.05) is 62.9 Å². The highest BCUT2D eigenvalue weighted by Crippen LogP contribution is 2.14. The van der Waals surface area contributed by atoms with Crippen LogP contribution in [-0.4, -0.2) is 66.5 Å². The maximum Gasteiger partial charge on any atom is 0.253 e. The molecule has 2 aliphatic heterocycles. The molecule has 0 unspecified atom stereocenters. The number of hydrogen-bond acceptors (Lipinski definition) is 4. The first-order valence-corrected chi connectivity index (χ1v) is 8.87. The summed E-state index contributed by atoms with van der Waals surface area (Å²) in [6.45, 7) is 6.77. The Morgan fingerprint density at radius 1 is 1.05 bits per heavy atom. The van der Waals surface area contributed by atoms with E-state index in [0.717, 1.165) is 38.3 Å². The summed E-state index contributed by atoms with van der Waals surface area (Å²) in [6, 6.07) is 8.19. The summed E-state index contributed by atoms with van der Waals surface area (Å²) in [7, 11) is 0. The molecular formula is C16H23N3OS. The van der Waals surface area contributed by atoms with Gasteiger partial charge < -0.3 is 10.2 Å². The Balaban J connectivity index is 1.59. The summed E-state index contributed by atoms with van der Waals surface area (Å²) in [5.41, 5.74) is 2.12. The van der Waals surface area contributed by atoms with Crippen LogP contribution in [0.5, 0.6) is 0 Å². The number of nitrogens with one attached hydrogen (secondary N) is 1. The smallest absolute Gasteiger partial charge is 0.253 e. The third-order valence-electron chi connectivity index (χ3n) is 4.11. The van der Waals surface area contributed by atoms with Crippen molar-refractivity contribution in [2.24, 2.45) is 0 Å². The van der Waals surface area contributed by atoms with Crippen LogP contribution in [0.2, 0.25) is 0 Å². The van der Waals surface area contributed by atoms with Crippen LogP contribution in [0.1, 0.15) is 15.9 Å². The number of carbonyl (C=O) groups is 1. The number of nitrogens with zero attached hydrogens (tertiary/aromatic N) is 2. The Morgan fingerprint density at radius 3 is 2.38 bits per heavy atom. The quantitative estimate of drug-likeness (QED) is 0.912. The first-order valence-electron chi connectivity index (χ1n) is 7.72. The van der Waals surface area contributed by atoms with Gasteiger partial charge in [0.15, 0.2) is 0 Å². The van der Waals surface area contributed by atoms with Crippen molar-refractivity contribution in [3.8, 4) is 0 Å². The van der Waals surface area contributed by atoms with Crippen LogP contribution < -0.4 is 5.32 Å². The van der Waals surface area contributed by atoms with E-state index in [0.29, 0.717) is 0 Å². The van der Waals surface area contributed by atoms with Crippen LogP contribution in [0, 0.1) is 0 Å². The van der Waals surface area contributed by atoms with Gasteiger partial charge in [-0.25, -0.2) is 0 Å². The highest BCUT2D eigenvalue weighted by Gasteiger charge is 2.18. The summed E-state index contributed by atoms with van der Waals surface area (Å²) in [5, 5.41) is 3.27. The Bertz CT molecular complexity index is 465. The fourth-order valence-electron chi connectivity index (χ4n) is 2.82. The van der Waals surface area contributed by atoms with Crippen LogP contribution in [0.15, 0.2) is 24.3 Å².